The first-order valence-corrected chi connectivity index (χ1v) is 5.25. The number of allylic oxidation sites excluding steroid dienone is 1. The molecule has 2 heteroatoms. The van der Waals surface area contributed by atoms with Crippen LogP contribution in [0.15, 0.2) is 36.5 Å². The Morgan fingerprint density at radius 2 is 2.13 bits per heavy atom. The van der Waals surface area contributed by atoms with Crippen LogP contribution in [-0.2, 0) is 0 Å². The summed E-state index contributed by atoms with van der Waals surface area (Å²) in [4.78, 5) is 13.9. The van der Waals surface area contributed by atoms with Gasteiger partial charge in [-0.25, -0.2) is 0 Å². The maximum atomic E-state index is 12.1. The van der Waals surface area contributed by atoms with Gasteiger partial charge in [-0.05, 0) is 31.4 Å². The molecule has 0 N–H and O–H groups in total. The van der Waals surface area contributed by atoms with Crippen molar-refractivity contribution >= 4 is 5.91 Å². The van der Waals surface area contributed by atoms with E-state index in [1.165, 1.54) is 0 Å². The number of carbonyl (C=O) groups is 1. The predicted octanol–water partition coefficient (Wildman–Crippen LogP) is 2.74. The average Bonchev–Trinajstić information content (AvgIpc) is 2.64. The molecular weight excluding hydrogens is 186 g/mol. The van der Waals surface area contributed by atoms with Gasteiger partial charge in [-0.1, -0.05) is 24.8 Å². The van der Waals surface area contributed by atoms with Crippen molar-refractivity contribution in [2.24, 2.45) is 0 Å². The van der Waals surface area contributed by atoms with Crippen molar-refractivity contribution in [1.29, 1.82) is 0 Å². The van der Waals surface area contributed by atoms with Crippen LogP contribution in [0.25, 0.3) is 0 Å². The van der Waals surface area contributed by atoms with Crippen molar-refractivity contribution in [3.63, 3.8) is 0 Å². The van der Waals surface area contributed by atoms with Crippen molar-refractivity contribution in [2.45, 2.75) is 19.8 Å². The van der Waals surface area contributed by atoms with E-state index in [9.17, 15) is 4.79 Å². The predicted molar refractivity (Wildman–Crippen MR) is 60.6 cm³/mol. The molecule has 1 heterocycles. The third-order valence-electron chi connectivity index (χ3n) is 2.85. The molecule has 78 valence electrons. The van der Waals surface area contributed by atoms with Crippen LogP contribution in [0.2, 0.25) is 0 Å². The lowest BCUT2D eigenvalue weighted by molar-refractivity contribution is 0.0825. The normalized spacial score (nSPS) is 15.8. The van der Waals surface area contributed by atoms with Crippen LogP contribution in [0.5, 0.6) is 0 Å². The SMILES string of the molecule is C=C1CCCN1C(=O)c1ccccc1C. The van der Waals surface area contributed by atoms with E-state index in [2.05, 4.69) is 6.58 Å². The first-order valence-electron chi connectivity index (χ1n) is 5.25. The minimum absolute atomic E-state index is 0.0931. The van der Waals surface area contributed by atoms with Crippen LogP contribution in [0.3, 0.4) is 0 Å². The van der Waals surface area contributed by atoms with Gasteiger partial charge >= 0.3 is 0 Å². The average molecular weight is 201 g/mol. The molecule has 1 fully saturated rings. The van der Waals surface area contributed by atoms with Gasteiger partial charge in [-0.2, -0.15) is 0 Å². The van der Waals surface area contributed by atoms with Crippen LogP contribution in [0.4, 0.5) is 0 Å². The van der Waals surface area contributed by atoms with E-state index in [0.29, 0.717) is 0 Å². The Labute approximate surface area is 90.2 Å². The van der Waals surface area contributed by atoms with Gasteiger partial charge in [-0.3, -0.25) is 4.79 Å². The van der Waals surface area contributed by atoms with Crippen molar-refractivity contribution in [3.05, 3.63) is 47.7 Å². The van der Waals surface area contributed by atoms with Gasteiger partial charge in [0.25, 0.3) is 5.91 Å². The number of carbonyl (C=O) groups excluding carboxylic acids is 1. The van der Waals surface area contributed by atoms with Gasteiger partial charge in [0.1, 0.15) is 0 Å². The van der Waals surface area contributed by atoms with E-state index in [1.54, 1.807) is 4.90 Å². The molecule has 0 aromatic heterocycles. The first-order chi connectivity index (χ1) is 7.20. The summed E-state index contributed by atoms with van der Waals surface area (Å²) in [6, 6.07) is 7.69. The number of aryl methyl sites for hydroxylation is 1. The van der Waals surface area contributed by atoms with E-state index in [-0.39, 0.29) is 5.91 Å². The van der Waals surface area contributed by atoms with Crippen LogP contribution in [0, 0.1) is 6.92 Å². The zero-order valence-corrected chi connectivity index (χ0v) is 8.99. The van der Waals surface area contributed by atoms with Gasteiger partial charge in [-0.15, -0.1) is 0 Å². The number of hydrogen-bond acceptors (Lipinski definition) is 1. The van der Waals surface area contributed by atoms with Crippen molar-refractivity contribution in [1.82, 2.24) is 4.90 Å². The molecule has 0 spiro atoms. The number of likely N-dealkylation sites (tertiary alicyclic amines) is 1. The highest BCUT2D eigenvalue weighted by atomic mass is 16.2. The molecule has 1 aliphatic heterocycles. The molecule has 1 aromatic carbocycles. The Kier molecular flexibility index (Phi) is 2.58. The molecule has 0 aliphatic carbocycles. The van der Waals surface area contributed by atoms with Crippen LogP contribution >= 0.6 is 0 Å². The van der Waals surface area contributed by atoms with Crippen molar-refractivity contribution in [3.8, 4) is 0 Å². The second-order valence-corrected chi connectivity index (χ2v) is 3.94. The van der Waals surface area contributed by atoms with E-state index < -0.39 is 0 Å². The molecule has 0 bridgehead atoms. The molecule has 1 aliphatic rings. The molecule has 1 aromatic rings. The van der Waals surface area contributed by atoms with Crippen molar-refractivity contribution in [2.75, 3.05) is 6.54 Å². The largest absolute Gasteiger partial charge is 0.313 e. The lowest BCUT2D eigenvalue weighted by Gasteiger charge is -2.18. The number of benzene rings is 1. The maximum Gasteiger partial charge on any atom is 0.258 e. The lowest BCUT2D eigenvalue weighted by atomic mass is 10.1. The topological polar surface area (TPSA) is 20.3 Å². The number of amides is 1. The molecule has 15 heavy (non-hydrogen) atoms. The Bertz CT molecular complexity index is 409. The Morgan fingerprint density at radius 1 is 1.40 bits per heavy atom. The Balaban J connectivity index is 2.28. The molecule has 0 unspecified atom stereocenters. The number of nitrogens with zero attached hydrogens (tertiary/aromatic N) is 1. The summed E-state index contributed by atoms with van der Waals surface area (Å²) in [5.74, 6) is 0.0931. The highest BCUT2D eigenvalue weighted by Gasteiger charge is 2.23. The third kappa shape index (κ3) is 1.80. The summed E-state index contributed by atoms with van der Waals surface area (Å²) in [6.45, 7) is 6.69. The molecule has 0 saturated carbocycles. The van der Waals surface area contributed by atoms with Crippen LogP contribution in [-0.4, -0.2) is 17.4 Å². The Morgan fingerprint density at radius 3 is 2.73 bits per heavy atom. The molecule has 2 rings (SSSR count). The first kappa shape index (κ1) is 9.97. The minimum Gasteiger partial charge on any atom is -0.313 e. The van der Waals surface area contributed by atoms with Gasteiger partial charge in [0.15, 0.2) is 0 Å². The molecule has 2 nitrogen and oxygen atoms in total. The van der Waals surface area contributed by atoms with E-state index in [1.807, 2.05) is 31.2 Å². The highest BCUT2D eigenvalue weighted by Crippen LogP contribution is 2.22. The number of rotatable bonds is 1. The fourth-order valence-electron chi connectivity index (χ4n) is 1.94. The molecule has 1 amide bonds. The van der Waals surface area contributed by atoms with Gasteiger partial charge < -0.3 is 4.90 Å². The molecular formula is C13H15NO. The highest BCUT2D eigenvalue weighted by molar-refractivity contribution is 5.96. The van der Waals surface area contributed by atoms with Gasteiger partial charge in [0.2, 0.25) is 0 Å². The zero-order valence-electron chi connectivity index (χ0n) is 8.99. The fourth-order valence-corrected chi connectivity index (χ4v) is 1.94. The van der Waals surface area contributed by atoms with Crippen molar-refractivity contribution < 1.29 is 4.79 Å². The van der Waals surface area contributed by atoms with Gasteiger partial charge in [0.05, 0.1) is 0 Å². The molecule has 1 saturated heterocycles. The maximum absolute atomic E-state index is 12.1. The van der Waals surface area contributed by atoms with E-state index in [4.69, 9.17) is 0 Å². The fraction of sp³-hybridized carbons (Fsp3) is 0.308. The molecule has 0 radical (unpaired) electrons. The Hall–Kier alpha value is -1.57. The summed E-state index contributed by atoms with van der Waals surface area (Å²) < 4.78 is 0. The third-order valence-corrected chi connectivity index (χ3v) is 2.85. The summed E-state index contributed by atoms with van der Waals surface area (Å²) >= 11 is 0. The monoisotopic (exact) mass is 201 g/mol. The second-order valence-electron chi connectivity index (χ2n) is 3.94. The van der Waals surface area contributed by atoms with E-state index >= 15 is 0 Å². The van der Waals surface area contributed by atoms with Crippen LogP contribution in [0.1, 0.15) is 28.8 Å². The molecule has 0 atom stereocenters. The summed E-state index contributed by atoms with van der Waals surface area (Å²) in [5.41, 5.74) is 2.77. The standard InChI is InChI=1S/C13H15NO/c1-10-6-3-4-8-12(10)13(15)14-9-5-7-11(14)2/h3-4,6,8H,2,5,7,9H2,1H3. The summed E-state index contributed by atoms with van der Waals surface area (Å²) in [6.07, 6.45) is 1.98. The van der Waals surface area contributed by atoms with E-state index in [0.717, 1.165) is 36.2 Å². The summed E-state index contributed by atoms with van der Waals surface area (Å²) in [5, 5.41) is 0. The lowest BCUT2D eigenvalue weighted by Crippen LogP contribution is -2.26. The second kappa shape index (κ2) is 3.89. The summed E-state index contributed by atoms with van der Waals surface area (Å²) in [7, 11) is 0. The smallest absolute Gasteiger partial charge is 0.258 e. The minimum atomic E-state index is 0.0931. The number of hydrogen-bond donors (Lipinski definition) is 0. The van der Waals surface area contributed by atoms with Crippen LogP contribution < -0.4 is 0 Å². The van der Waals surface area contributed by atoms with Gasteiger partial charge in [0, 0.05) is 17.8 Å². The quantitative estimate of drug-likeness (QED) is 0.684. The zero-order chi connectivity index (χ0) is 10.8.